The predicted molar refractivity (Wildman–Crippen MR) is 89.4 cm³/mol. The molecule has 0 radical (unpaired) electrons. The molecule has 0 aliphatic rings. The molecule has 0 unspecified atom stereocenters. The van der Waals surface area contributed by atoms with Crippen LogP contribution in [-0.2, 0) is 6.42 Å². The van der Waals surface area contributed by atoms with Gasteiger partial charge >= 0.3 is 0 Å². The number of para-hydroxylation sites is 1. The molecular weight excluding hydrogens is 274 g/mol. The van der Waals surface area contributed by atoms with E-state index in [1.807, 2.05) is 44.2 Å². The van der Waals surface area contributed by atoms with Gasteiger partial charge in [-0.1, -0.05) is 31.2 Å². The van der Waals surface area contributed by atoms with Crippen molar-refractivity contribution in [2.24, 2.45) is 10.2 Å². The van der Waals surface area contributed by atoms with Crippen molar-refractivity contribution in [1.82, 2.24) is 4.98 Å². The summed E-state index contributed by atoms with van der Waals surface area (Å²) in [5.41, 5.74) is 5.65. The number of rotatable bonds is 3. The van der Waals surface area contributed by atoms with Gasteiger partial charge in [0.2, 0.25) is 5.88 Å². The van der Waals surface area contributed by atoms with E-state index < -0.39 is 0 Å². The van der Waals surface area contributed by atoms with Crippen LogP contribution in [0.1, 0.15) is 23.6 Å². The summed E-state index contributed by atoms with van der Waals surface area (Å²) in [4.78, 5) is 3.01. The number of aromatic nitrogens is 1. The lowest BCUT2D eigenvalue weighted by molar-refractivity contribution is 0.459. The average molecular weight is 293 g/mol. The van der Waals surface area contributed by atoms with Crippen LogP contribution in [-0.4, -0.2) is 10.1 Å². The van der Waals surface area contributed by atoms with Crippen LogP contribution in [0.4, 0.5) is 11.4 Å². The molecule has 1 heterocycles. The van der Waals surface area contributed by atoms with Crippen LogP contribution < -0.4 is 0 Å². The Morgan fingerprint density at radius 1 is 1.05 bits per heavy atom. The number of aromatic hydroxyl groups is 1. The Balaban J connectivity index is 2.07. The highest BCUT2D eigenvalue weighted by Gasteiger charge is 2.12. The van der Waals surface area contributed by atoms with Gasteiger partial charge in [0, 0.05) is 5.39 Å². The Labute approximate surface area is 129 Å². The first-order valence-electron chi connectivity index (χ1n) is 7.41. The number of nitrogens with zero attached hydrogens (tertiary/aromatic N) is 2. The number of aromatic amines is 1. The number of nitrogens with one attached hydrogen (secondary N) is 1. The highest BCUT2D eigenvalue weighted by Crippen LogP contribution is 2.37. The van der Waals surface area contributed by atoms with Crippen LogP contribution >= 0.6 is 0 Å². The zero-order chi connectivity index (χ0) is 15.7. The fourth-order valence-corrected chi connectivity index (χ4v) is 2.76. The van der Waals surface area contributed by atoms with Gasteiger partial charge in [0.05, 0.1) is 11.2 Å². The van der Waals surface area contributed by atoms with E-state index in [1.54, 1.807) is 0 Å². The third-order valence-electron chi connectivity index (χ3n) is 3.73. The van der Waals surface area contributed by atoms with Crippen molar-refractivity contribution in [2.45, 2.75) is 27.2 Å². The second kappa shape index (κ2) is 5.64. The molecule has 0 spiro atoms. The largest absolute Gasteiger partial charge is 0.493 e. The molecule has 0 aliphatic carbocycles. The van der Waals surface area contributed by atoms with Crippen molar-refractivity contribution in [3.63, 3.8) is 0 Å². The van der Waals surface area contributed by atoms with Gasteiger partial charge in [0.15, 0.2) is 5.69 Å². The minimum absolute atomic E-state index is 0.0593. The molecule has 4 nitrogen and oxygen atoms in total. The minimum atomic E-state index is 0.0593. The van der Waals surface area contributed by atoms with Gasteiger partial charge in [-0.2, -0.15) is 5.11 Å². The third-order valence-corrected chi connectivity index (χ3v) is 3.73. The van der Waals surface area contributed by atoms with E-state index in [9.17, 15) is 5.11 Å². The first-order chi connectivity index (χ1) is 10.6. The van der Waals surface area contributed by atoms with E-state index in [4.69, 9.17) is 0 Å². The number of benzene rings is 2. The smallest absolute Gasteiger partial charge is 0.218 e. The standard InChI is InChI=1S/C18H19N3O/c1-4-13-6-5-7-15-16(13)19-18(22)17(15)21-20-14-9-11(2)8-12(3)10-14/h5-10,19,22H,4H2,1-3H3. The van der Waals surface area contributed by atoms with Gasteiger partial charge in [-0.25, -0.2) is 0 Å². The Bertz CT molecular complexity index is 842. The summed E-state index contributed by atoms with van der Waals surface area (Å²) in [5.74, 6) is 0.0593. The molecule has 3 rings (SSSR count). The van der Waals surface area contributed by atoms with Gasteiger partial charge in [0.1, 0.15) is 0 Å². The lowest BCUT2D eigenvalue weighted by Crippen LogP contribution is -1.80. The predicted octanol–water partition coefficient (Wildman–Crippen LogP) is 5.47. The fraction of sp³-hybridized carbons (Fsp3) is 0.222. The number of azo groups is 1. The van der Waals surface area contributed by atoms with E-state index in [0.717, 1.165) is 39.7 Å². The Morgan fingerprint density at radius 3 is 2.45 bits per heavy atom. The Hall–Kier alpha value is -2.62. The second-order valence-electron chi connectivity index (χ2n) is 5.56. The highest BCUT2D eigenvalue weighted by atomic mass is 16.3. The van der Waals surface area contributed by atoms with Gasteiger partial charge in [0.25, 0.3) is 0 Å². The summed E-state index contributed by atoms with van der Waals surface area (Å²) >= 11 is 0. The van der Waals surface area contributed by atoms with Crippen molar-refractivity contribution in [1.29, 1.82) is 0 Å². The fourth-order valence-electron chi connectivity index (χ4n) is 2.76. The number of H-pyrrole nitrogens is 1. The van der Waals surface area contributed by atoms with Gasteiger partial charge in [-0.3, -0.25) is 0 Å². The molecule has 0 amide bonds. The number of hydrogen-bond donors (Lipinski definition) is 2. The van der Waals surface area contributed by atoms with E-state index >= 15 is 0 Å². The topological polar surface area (TPSA) is 60.7 Å². The molecule has 3 aromatic rings. The summed E-state index contributed by atoms with van der Waals surface area (Å²) in [6, 6.07) is 12.0. The maximum Gasteiger partial charge on any atom is 0.218 e. The van der Waals surface area contributed by atoms with Crippen molar-refractivity contribution in [3.05, 3.63) is 53.1 Å². The van der Waals surface area contributed by atoms with Gasteiger partial charge in [-0.15, -0.1) is 5.11 Å². The molecule has 0 fully saturated rings. The molecule has 22 heavy (non-hydrogen) atoms. The van der Waals surface area contributed by atoms with Crippen LogP contribution in [0.2, 0.25) is 0 Å². The first kappa shape index (κ1) is 14.3. The number of fused-ring (bicyclic) bond motifs is 1. The summed E-state index contributed by atoms with van der Waals surface area (Å²) in [6.07, 6.45) is 0.894. The normalized spacial score (nSPS) is 11.6. The summed E-state index contributed by atoms with van der Waals surface area (Å²) in [5, 5.41) is 19.6. The Kier molecular flexibility index (Phi) is 3.67. The quantitative estimate of drug-likeness (QED) is 0.618. The minimum Gasteiger partial charge on any atom is -0.493 e. The molecule has 2 N–H and O–H groups in total. The molecule has 112 valence electrons. The monoisotopic (exact) mass is 293 g/mol. The maximum atomic E-state index is 10.1. The summed E-state index contributed by atoms with van der Waals surface area (Å²) < 4.78 is 0. The van der Waals surface area contributed by atoms with E-state index in [-0.39, 0.29) is 5.88 Å². The molecule has 1 aromatic heterocycles. The van der Waals surface area contributed by atoms with Crippen molar-refractivity contribution >= 4 is 22.3 Å². The molecule has 4 heteroatoms. The molecule has 0 saturated carbocycles. The molecular formula is C18H19N3O. The Morgan fingerprint density at radius 2 is 1.77 bits per heavy atom. The highest BCUT2D eigenvalue weighted by molar-refractivity contribution is 5.96. The second-order valence-corrected chi connectivity index (χ2v) is 5.56. The maximum absolute atomic E-state index is 10.1. The van der Waals surface area contributed by atoms with Crippen LogP contribution in [0.25, 0.3) is 10.9 Å². The summed E-state index contributed by atoms with van der Waals surface area (Å²) in [7, 11) is 0. The third kappa shape index (κ3) is 2.60. The lowest BCUT2D eigenvalue weighted by Gasteiger charge is -1.99. The van der Waals surface area contributed by atoms with Crippen LogP contribution in [0.15, 0.2) is 46.6 Å². The van der Waals surface area contributed by atoms with Gasteiger partial charge in [-0.05, 0) is 49.1 Å². The van der Waals surface area contributed by atoms with E-state index in [0.29, 0.717) is 5.69 Å². The number of aryl methyl sites for hydroxylation is 3. The van der Waals surface area contributed by atoms with Crippen molar-refractivity contribution in [3.8, 4) is 5.88 Å². The van der Waals surface area contributed by atoms with E-state index in [1.165, 1.54) is 0 Å². The SMILES string of the molecule is CCc1cccc2c(N=Nc3cc(C)cc(C)c3)c(O)[nH]c12. The van der Waals surface area contributed by atoms with Crippen molar-refractivity contribution in [2.75, 3.05) is 0 Å². The van der Waals surface area contributed by atoms with Crippen molar-refractivity contribution < 1.29 is 5.11 Å². The molecule has 0 bridgehead atoms. The zero-order valence-electron chi connectivity index (χ0n) is 13.0. The molecule has 2 aromatic carbocycles. The zero-order valence-corrected chi connectivity index (χ0v) is 13.0. The molecule has 0 saturated heterocycles. The van der Waals surface area contributed by atoms with Gasteiger partial charge < -0.3 is 10.1 Å². The van der Waals surface area contributed by atoms with Crippen LogP contribution in [0, 0.1) is 13.8 Å². The molecule has 0 aliphatic heterocycles. The van der Waals surface area contributed by atoms with Crippen LogP contribution in [0.5, 0.6) is 5.88 Å². The van der Waals surface area contributed by atoms with E-state index in [2.05, 4.69) is 28.2 Å². The molecule has 0 atom stereocenters. The average Bonchev–Trinajstić information content (AvgIpc) is 2.79. The van der Waals surface area contributed by atoms with Crippen LogP contribution in [0.3, 0.4) is 0 Å². The number of hydrogen-bond acceptors (Lipinski definition) is 3. The lowest BCUT2D eigenvalue weighted by atomic mass is 10.1. The summed E-state index contributed by atoms with van der Waals surface area (Å²) in [6.45, 7) is 6.15. The first-order valence-corrected chi connectivity index (χ1v) is 7.41.